The standard InChI is InChI=1S/C18H19N3O3/c1-4-13-8-9-15(21-20-13)19-16(22)11-23-14-7-5-6-12-10-18(2,3)24-17(12)14/h4-9H,1,10-11H2,2-3H3,(H,19,21,22). The van der Waals surface area contributed by atoms with Gasteiger partial charge in [0.1, 0.15) is 5.60 Å². The predicted molar refractivity (Wildman–Crippen MR) is 91.1 cm³/mol. The van der Waals surface area contributed by atoms with Crippen LogP contribution in [-0.2, 0) is 11.2 Å². The molecule has 0 bridgehead atoms. The zero-order valence-corrected chi connectivity index (χ0v) is 13.7. The van der Waals surface area contributed by atoms with Crippen molar-refractivity contribution in [1.82, 2.24) is 10.2 Å². The van der Waals surface area contributed by atoms with Crippen molar-refractivity contribution in [3.63, 3.8) is 0 Å². The Morgan fingerprint density at radius 2 is 2.21 bits per heavy atom. The first-order valence-electron chi connectivity index (χ1n) is 7.66. The number of para-hydroxylation sites is 1. The van der Waals surface area contributed by atoms with E-state index in [1.165, 1.54) is 0 Å². The summed E-state index contributed by atoms with van der Waals surface area (Å²) in [5.74, 6) is 1.34. The Labute approximate surface area is 140 Å². The second-order valence-corrected chi connectivity index (χ2v) is 6.17. The van der Waals surface area contributed by atoms with Crippen LogP contribution in [-0.4, -0.2) is 28.3 Å². The van der Waals surface area contributed by atoms with E-state index in [-0.39, 0.29) is 18.1 Å². The normalized spacial score (nSPS) is 14.4. The molecule has 0 aliphatic carbocycles. The van der Waals surface area contributed by atoms with Gasteiger partial charge in [0.05, 0.1) is 5.69 Å². The molecule has 2 heterocycles. The molecule has 0 atom stereocenters. The summed E-state index contributed by atoms with van der Waals surface area (Å²) in [6.45, 7) is 7.51. The molecule has 3 rings (SSSR count). The van der Waals surface area contributed by atoms with E-state index in [1.807, 2.05) is 26.0 Å². The monoisotopic (exact) mass is 325 g/mol. The molecule has 0 saturated carbocycles. The molecule has 1 N–H and O–H groups in total. The van der Waals surface area contributed by atoms with Gasteiger partial charge in [-0.05, 0) is 38.1 Å². The minimum atomic E-state index is -0.314. The lowest BCUT2D eigenvalue weighted by molar-refractivity contribution is -0.118. The van der Waals surface area contributed by atoms with Gasteiger partial charge in [-0.2, -0.15) is 0 Å². The Kier molecular flexibility index (Phi) is 4.20. The third-order valence-corrected chi connectivity index (χ3v) is 3.58. The van der Waals surface area contributed by atoms with Crippen LogP contribution in [0.5, 0.6) is 11.5 Å². The summed E-state index contributed by atoms with van der Waals surface area (Å²) < 4.78 is 11.5. The van der Waals surface area contributed by atoms with Crippen LogP contribution in [0.15, 0.2) is 36.9 Å². The quantitative estimate of drug-likeness (QED) is 0.915. The van der Waals surface area contributed by atoms with Gasteiger partial charge in [0.2, 0.25) is 0 Å². The number of benzene rings is 1. The second kappa shape index (κ2) is 6.31. The van der Waals surface area contributed by atoms with E-state index in [0.29, 0.717) is 23.0 Å². The summed E-state index contributed by atoms with van der Waals surface area (Å²) in [5, 5.41) is 10.4. The Bertz CT molecular complexity index is 770. The SMILES string of the molecule is C=Cc1ccc(NC(=O)COc2cccc3c2OC(C)(C)C3)nn1. The van der Waals surface area contributed by atoms with E-state index in [1.54, 1.807) is 24.3 Å². The van der Waals surface area contributed by atoms with Crippen LogP contribution in [0.3, 0.4) is 0 Å². The molecular weight excluding hydrogens is 306 g/mol. The molecular formula is C18H19N3O3. The molecule has 1 aliphatic rings. The van der Waals surface area contributed by atoms with Crippen molar-refractivity contribution < 1.29 is 14.3 Å². The highest BCUT2D eigenvalue weighted by Gasteiger charge is 2.32. The van der Waals surface area contributed by atoms with Gasteiger partial charge in [0.25, 0.3) is 5.91 Å². The van der Waals surface area contributed by atoms with Gasteiger partial charge < -0.3 is 14.8 Å². The van der Waals surface area contributed by atoms with Gasteiger partial charge >= 0.3 is 0 Å². The number of hydrogen-bond donors (Lipinski definition) is 1. The average molecular weight is 325 g/mol. The maximum absolute atomic E-state index is 12.0. The van der Waals surface area contributed by atoms with Crippen LogP contribution in [0.2, 0.25) is 0 Å². The lowest BCUT2D eigenvalue weighted by Crippen LogP contribution is -2.25. The van der Waals surface area contributed by atoms with Crippen molar-refractivity contribution in [1.29, 1.82) is 0 Å². The van der Waals surface area contributed by atoms with Crippen molar-refractivity contribution in [2.45, 2.75) is 25.9 Å². The maximum Gasteiger partial charge on any atom is 0.263 e. The van der Waals surface area contributed by atoms with E-state index in [2.05, 4.69) is 22.1 Å². The van der Waals surface area contributed by atoms with E-state index < -0.39 is 0 Å². The van der Waals surface area contributed by atoms with E-state index in [4.69, 9.17) is 9.47 Å². The van der Waals surface area contributed by atoms with Crippen molar-refractivity contribution >= 4 is 17.8 Å². The summed E-state index contributed by atoms with van der Waals surface area (Å²) in [6, 6.07) is 9.08. The van der Waals surface area contributed by atoms with Gasteiger partial charge in [-0.1, -0.05) is 18.7 Å². The largest absolute Gasteiger partial charge is 0.483 e. The van der Waals surface area contributed by atoms with Crippen LogP contribution in [0.1, 0.15) is 25.1 Å². The minimum Gasteiger partial charge on any atom is -0.483 e. The maximum atomic E-state index is 12.0. The van der Waals surface area contributed by atoms with Crippen LogP contribution >= 0.6 is 0 Å². The van der Waals surface area contributed by atoms with Crippen molar-refractivity contribution in [3.05, 3.63) is 48.2 Å². The van der Waals surface area contributed by atoms with Gasteiger partial charge in [-0.3, -0.25) is 4.79 Å². The second-order valence-electron chi connectivity index (χ2n) is 6.17. The number of hydrogen-bond acceptors (Lipinski definition) is 5. The number of carbonyl (C=O) groups excluding carboxylic acids is 1. The van der Waals surface area contributed by atoms with Crippen molar-refractivity contribution in [2.24, 2.45) is 0 Å². The van der Waals surface area contributed by atoms with Gasteiger partial charge in [-0.25, -0.2) is 0 Å². The number of anilines is 1. The molecule has 6 heteroatoms. The zero-order chi connectivity index (χ0) is 17.2. The van der Waals surface area contributed by atoms with Crippen LogP contribution in [0.4, 0.5) is 5.82 Å². The zero-order valence-electron chi connectivity index (χ0n) is 13.7. The van der Waals surface area contributed by atoms with Gasteiger partial charge in [0, 0.05) is 12.0 Å². The Morgan fingerprint density at radius 3 is 2.92 bits per heavy atom. The molecule has 24 heavy (non-hydrogen) atoms. The summed E-state index contributed by atoms with van der Waals surface area (Å²) in [6.07, 6.45) is 2.40. The lowest BCUT2D eigenvalue weighted by Gasteiger charge is -2.18. The third kappa shape index (κ3) is 3.53. The molecule has 1 aromatic heterocycles. The summed E-state index contributed by atoms with van der Waals surface area (Å²) in [5.41, 5.74) is 1.47. The van der Waals surface area contributed by atoms with Crippen molar-refractivity contribution in [2.75, 3.05) is 11.9 Å². The molecule has 1 aliphatic heterocycles. The molecule has 2 aromatic rings. The molecule has 0 saturated heterocycles. The van der Waals surface area contributed by atoms with Gasteiger partial charge in [-0.15, -0.1) is 10.2 Å². The van der Waals surface area contributed by atoms with E-state index >= 15 is 0 Å². The van der Waals surface area contributed by atoms with Crippen LogP contribution < -0.4 is 14.8 Å². The first-order valence-corrected chi connectivity index (χ1v) is 7.66. The highest BCUT2D eigenvalue weighted by Crippen LogP contribution is 2.41. The number of fused-ring (bicyclic) bond motifs is 1. The number of carbonyl (C=O) groups is 1. The smallest absolute Gasteiger partial charge is 0.263 e. The summed E-state index contributed by atoms with van der Waals surface area (Å²) >= 11 is 0. The first-order chi connectivity index (χ1) is 11.5. The first kappa shape index (κ1) is 16.0. The fourth-order valence-corrected chi connectivity index (χ4v) is 2.54. The summed E-state index contributed by atoms with van der Waals surface area (Å²) in [7, 11) is 0. The third-order valence-electron chi connectivity index (χ3n) is 3.58. The topological polar surface area (TPSA) is 73.3 Å². The Morgan fingerprint density at radius 1 is 1.38 bits per heavy atom. The van der Waals surface area contributed by atoms with E-state index in [9.17, 15) is 4.79 Å². The number of aromatic nitrogens is 2. The summed E-state index contributed by atoms with van der Waals surface area (Å²) in [4.78, 5) is 12.0. The number of amides is 1. The van der Waals surface area contributed by atoms with E-state index in [0.717, 1.165) is 12.0 Å². The number of nitrogens with one attached hydrogen (secondary N) is 1. The fourth-order valence-electron chi connectivity index (χ4n) is 2.54. The predicted octanol–water partition coefficient (Wildman–Crippen LogP) is 2.85. The molecule has 6 nitrogen and oxygen atoms in total. The highest BCUT2D eigenvalue weighted by atomic mass is 16.5. The molecule has 0 spiro atoms. The number of ether oxygens (including phenoxy) is 2. The number of nitrogens with zero attached hydrogens (tertiary/aromatic N) is 2. The van der Waals surface area contributed by atoms with Crippen LogP contribution in [0, 0.1) is 0 Å². The Balaban J connectivity index is 1.61. The lowest BCUT2D eigenvalue weighted by atomic mass is 10.0. The Hall–Kier alpha value is -2.89. The van der Waals surface area contributed by atoms with Crippen molar-refractivity contribution in [3.8, 4) is 11.5 Å². The highest BCUT2D eigenvalue weighted by molar-refractivity contribution is 5.90. The molecule has 1 aromatic carbocycles. The molecule has 124 valence electrons. The number of rotatable bonds is 5. The average Bonchev–Trinajstić information content (AvgIpc) is 2.88. The van der Waals surface area contributed by atoms with Gasteiger partial charge in [0.15, 0.2) is 23.9 Å². The van der Waals surface area contributed by atoms with Crippen LogP contribution in [0.25, 0.3) is 6.08 Å². The molecule has 0 fully saturated rings. The molecule has 1 amide bonds. The minimum absolute atomic E-state index is 0.134. The molecule has 0 unspecified atom stereocenters. The molecule has 0 radical (unpaired) electrons. The fraction of sp³-hybridized carbons (Fsp3) is 0.278.